The molecule has 1 saturated carbocycles. The average Bonchev–Trinajstić information content (AvgIpc) is 3.20. The van der Waals surface area contributed by atoms with Crippen LogP contribution in [-0.4, -0.2) is 40.4 Å². The molecule has 146 valence electrons. The van der Waals surface area contributed by atoms with E-state index in [4.69, 9.17) is 4.74 Å². The Morgan fingerprint density at radius 1 is 1.04 bits per heavy atom. The molecule has 0 unspecified atom stereocenters. The summed E-state index contributed by atoms with van der Waals surface area (Å²) in [6, 6.07) is 9.14. The quantitative estimate of drug-likeness (QED) is 0.879. The molecule has 1 aromatic carbocycles. The fourth-order valence-corrected chi connectivity index (χ4v) is 4.76. The van der Waals surface area contributed by atoms with E-state index in [9.17, 15) is 0 Å². The number of rotatable bonds is 5. The maximum Gasteiger partial charge on any atom is 0.214 e. The summed E-state index contributed by atoms with van der Waals surface area (Å²) in [5, 5.41) is 13.1. The average molecular weight is 371 g/mol. The Balaban J connectivity index is 1.68. The molecule has 1 atom stereocenters. The molecule has 0 bridgehead atoms. The number of tetrazole rings is 1. The lowest BCUT2D eigenvalue weighted by atomic mass is 9.93. The Bertz CT molecular complexity index is 714. The van der Waals surface area contributed by atoms with E-state index < -0.39 is 0 Å². The minimum Gasteiger partial charge on any atom is -0.497 e. The zero-order valence-corrected chi connectivity index (χ0v) is 16.6. The van der Waals surface area contributed by atoms with Crippen LogP contribution in [0.4, 0.5) is 0 Å². The van der Waals surface area contributed by atoms with Gasteiger partial charge in [0.15, 0.2) is 6.04 Å². The highest BCUT2D eigenvalue weighted by atomic mass is 16.5. The molecule has 0 spiro atoms. The van der Waals surface area contributed by atoms with Gasteiger partial charge in [-0.1, -0.05) is 26.2 Å². The third kappa shape index (κ3) is 4.00. The maximum absolute atomic E-state index is 5.37. The zero-order chi connectivity index (χ0) is 18.6. The van der Waals surface area contributed by atoms with Crippen LogP contribution in [0.25, 0.3) is 0 Å². The summed E-state index contributed by atoms with van der Waals surface area (Å²) >= 11 is 0. The molecule has 6 heteroatoms. The van der Waals surface area contributed by atoms with Gasteiger partial charge in [-0.2, -0.15) is 0 Å². The van der Waals surface area contributed by atoms with Gasteiger partial charge in [0.2, 0.25) is 5.82 Å². The van der Waals surface area contributed by atoms with Crippen molar-refractivity contribution in [3.05, 3.63) is 35.7 Å². The molecule has 27 heavy (non-hydrogen) atoms. The van der Waals surface area contributed by atoms with Gasteiger partial charge in [0.1, 0.15) is 5.75 Å². The van der Waals surface area contributed by atoms with E-state index in [0.29, 0.717) is 6.04 Å². The summed E-state index contributed by atoms with van der Waals surface area (Å²) in [4.78, 5) is 1.59. The second-order valence-electron chi connectivity index (χ2n) is 8.32. The van der Waals surface area contributed by atoms with Gasteiger partial charge in [0.25, 0.3) is 0 Å². The van der Waals surface area contributed by atoms with Crippen molar-refractivity contribution in [2.45, 2.75) is 64.0 Å². The first kappa shape index (κ1) is 18.4. The van der Waals surface area contributed by atoms with Gasteiger partial charge in [-0.05, 0) is 66.3 Å². The van der Waals surface area contributed by atoms with Gasteiger partial charge in [0, 0.05) is 5.56 Å². The molecule has 2 heterocycles. The predicted molar refractivity (Wildman–Crippen MR) is 104 cm³/mol. The van der Waals surface area contributed by atoms with Crippen LogP contribution >= 0.6 is 0 Å². The SMILES string of the molecule is COc1ccc([C@H](c2nnnn2C2CCCCC2)[NH+]2CCC(C)CC2)cc1. The number of quaternary nitrogens is 1. The number of aromatic nitrogens is 4. The number of nitrogens with zero attached hydrogens (tertiary/aromatic N) is 4. The molecule has 1 aliphatic heterocycles. The van der Waals surface area contributed by atoms with Gasteiger partial charge >= 0.3 is 0 Å². The Kier molecular flexibility index (Phi) is 5.72. The number of methoxy groups -OCH3 is 1. The van der Waals surface area contributed by atoms with Gasteiger partial charge < -0.3 is 9.64 Å². The fraction of sp³-hybridized carbons (Fsp3) is 0.667. The van der Waals surface area contributed by atoms with Crippen LogP contribution in [-0.2, 0) is 0 Å². The highest BCUT2D eigenvalue weighted by Gasteiger charge is 2.35. The molecule has 6 nitrogen and oxygen atoms in total. The Morgan fingerprint density at radius 2 is 1.74 bits per heavy atom. The van der Waals surface area contributed by atoms with Crippen molar-refractivity contribution in [2.75, 3.05) is 20.2 Å². The third-order valence-electron chi connectivity index (χ3n) is 6.47. The third-order valence-corrected chi connectivity index (χ3v) is 6.47. The lowest BCUT2D eigenvalue weighted by Crippen LogP contribution is -3.13. The van der Waals surface area contributed by atoms with Crippen LogP contribution in [0.1, 0.15) is 75.3 Å². The minimum absolute atomic E-state index is 0.195. The van der Waals surface area contributed by atoms with Gasteiger partial charge in [0.05, 0.1) is 26.2 Å². The van der Waals surface area contributed by atoms with Crippen molar-refractivity contribution in [1.29, 1.82) is 0 Å². The smallest absolute Gasteiger partial charge is 0.214 e. The van der Waals surface area contributed by atoms with Crippen molar-refractivity contribution in [2.24, 2.45) is 5.92 Å². The highest BCUT2D eigenvalue weighted by molar-refractivity contribution is 5.30. The maximum atomic E-state index is 5.37. The van der Waals surface area contributed by atoms with Crippen LogP contribution < -0.4 is 9.64 Å². The van der Waals surface area contributed by atoms with Gasteiger partial charge in [-0.3, -0.25) is 0 Å². The minimum atomic E-state index is 0.195. The molecule has 4 rings (SSSR count). The summed E-state index contributed by atoms with van der Waals surface area (Å²) in [5.41, 5.74) is 1.28. The van der Waals surface area contributed by atoms with E-state index in [1.807, 2.05) is 0 Å². The first-order chi connectivity index (χ1) is 13.3. The molecule has 1 N–H and O–H groups in total. The van der Waals surface area contributed by atoms with Gasteiger partial charge in [-0.15, -0.1) is 5.10 Å². The van der Waals surface area contributed by atoms with Crippen molar-refractivity contribution < 1.29 is 9.64 Å². The first-order valence-corrected chi connectivity index (χ1v) is 10.5. The second-order valence-corrected chi connectivity index (χ2v) is 8.32. The van der Waals surface area contributed by atoms with E-state index in [0.717, 1.165) is 17.5 Å². The molecule has 0 amide bonds. The van der Waals surface area contributed by atoms with Crippen LogP contribution in [0.3, 0.4) is 0 Å². The van der Waals surface area contributed by atoms with E-state index in [-0.39, 0.29) is 6.04 Å². The van der Waals surface area contributed by atoms with Crippen molar-refractivity contribution in [1.82, 2.24) is 20.2 Å². The van der Waals surface area contributed by atoms with Crippen LogP contribution in [0.2, 0.25) is 0 Å². The molecule has 1 aliphatic carbocycles. The lowest BCUT2D eigenvalue weighted by Gasteiger charge is -2.34. The summed E-state index contributed by atoms with van der Waals surface area (Å²) in [6.45, 7) is 4.72. The molecular weight excluding hydrogens is 338 g/mol. The molecule has 1 saturated heterocycles. The summed E-state index contributed by atoms with van der Waals surface area (Å²) in [5.74, 6) is 2.75. The van der Waals surface area contributed by atoms with Gasteiger partial charge in [-0.25, -0.2) is 4.68 Å². The number of nitrogens with one attached hydrogen (secondary N) is 1. The monoisotopic (exact) mass is 370 g/mol. The van der Waals surface area contributed by atoms with E-state index in [1.54, 1.807) is 12.0 Å². The van der Waals surface area contributed by atoms with Crippen molar-refractivity contribution in [3.63, 3.8) is 0 Å². The van der Waals surface area contributed by atoms with E-state index in [1.165, 1.54) is 63.6 Å². The lowest BCUT2D eigenvalue weighted by molar-refractivity contribution is -0.932. The Morgan fingerprint density at radius 3 is 2.41 bits per heavy atom. The molecule has 2 fully saturated rings. The van der Waals surface area contributed by atoms with Crippen LogP contribution in [0.15, 0.2) is 24.3 Å². The number of likely N-dealkylation sites (tertiary alicyclic amines) is 1. The number of ether oxygens (including phenoxy) is 1. The molecule has 0 radical (unpaired) electrons. The molecule has 2 aliphatic rings. The van der Waals surface area contributed by atoms with Crippen molar-refractivity contribution in [3.8, 4) is 5.75 Å². The standard InChI is InChI=1S/C21H31N5O/c1-16-12-14-25(15-13-16)20(17-8-10-19(27-2)11-9-17)21-22-23-24-26(21)18-6-4-3-5-7-18/h8-11,16,18,20H,3-7,12-15H2,1-2H3/p+1/t20-/m1/s1. The largest absolute Gasteiger partial charge is 0.497 e. The normalized spacial score (nSPS) is 25.3. The summed E-state index contributed by atoms with van der Waals surface area (Å²) in [6.07, 6.45) is 8.83. The number of piperidine rings is 1. The first-order valence-electron chi connectivity index (χ1n) is 10.5. The molecular formula is C21H32N5O+. The van der Waals surface area contributed by atoms with Crippen LogP contribution in [0, 0.1) is 5.92 Å². The number of hydrogen-bond donors (Lipinski definition) is 1. The van der Waals surface area contributed by atoms with E-state index in [2.05, 4.69) is 51.4 Å². The highest BCUT2D eigenvalue weighted by Crippen LogP contribution is 2.30. The Hall–Kier alpha value is -1.95. The number of benzene rings is 1. The Labute approximate surface area is 161 Å². The number of hydrogen-bond acceptors (Lipinski definition) is 4. The zero-order valence-electron chi connectivity index (χ0n) is 16.6. The predicted octanol–water partition coefficient (Wildman–Crippen LogP) is 2.59. The topological polar surface area (TPSA) is 57.3 Å². The summed E-state index contributed by atoms with van der Waals surface area (Å²) in [7, 11) is 1.72. The summed E-state index contributed by atoms with van der Waals surface area (Å²) < 4.78 is 7.52. The molecule has 2 aromatic rings. The second kappa shape index (κ2) is 8.38. The van der Waals surface area contributed by atoms with Crippen molar-refractivity contribution >= 4 is 0 Å². The molecule has 1 aromatic heterocycles. The van der Waals surface area contributed by atoms with E-state index >= 15 is 0 Å². The van der Waals surface area contributed by atoms with Crippen LogP contribution in [0.5, 0.6) is 5.75 Å². The fourth-order valence-electron chi connectivity index (χ4n) is 4.76.